The van der Waals surface area contributed by atoms with Gasteiger partial charge in [-0.2, -0.15) is 5.10 Å². The van der Waals surface area contributed by atoms with Gasteiger partial charge in [0, 0.05) is 68.7 Å². The maximum absolute atomic E-state index is 13.6. The van der Waals surface area contributed by atoms with E-state index in [4.69, 9.17) is 15.2 Å². The summed E-state index contributed by atoms with van der Waals surface area (Å²) in [4.78, 5) is 107. The number of aromatic nitrogens is 4. The lowest BCUT2D eigenvalue weighted by Crippen LogP contribution is -2.54. The number of fused-ring (bicyclic) bond motifs is 1. The summed E-state index contributed by atoms with van der Waals surface area (Å²) in [6.07, 6.45) is 6.52. The summed E-state index contributed by atoms with van der Waals surface area (Å²) in [5, 5.41) is 19.1. The minimum Gasteiger partial charge on any atom is -0.484 e. The number of carbonyl (C=O) groups is 7. The number of ether oxygens (including phenoxy) is 2. The van der Waals surface area contributed by atoms with Crippen molar-refractivity contribution in [1.82, 2.24) is 44.7 Å². The molecule has 0 bridgehead atoms. The lowest BCUT2D eigenvalue weighted by molar-refractivity contribution is -0.136. The number of benzene rings is 3. The molecule has 21 nitrogen and oxygen atoms in total. The molecule has 4 aliphatic heterocycles. The van der Waals surface area contributed by atoms with Crippen molar-refractivity contribution in [2.45, 2.75) is 56.9 Å². The molecule has 0 spiro atoms. The van der Waals surface area contributed by atoms with Crippen LogP contribution in [-0.2, 0) is 30.5 Å². The summed E-state index contributed by atoms with van der Waals surface area (Å²) in [5.41, 5.74) is 8.59. The van der Waals surface area contributed by atoms with Gasteiger partial charge in [0.15, 0.2) is 18.1 Å². The maximum atomic E-state index is 13.6. The zero-order chi connectivity index (χ0) is 49.6. The van der Waals surface area contributed by atoms with Crippen molar-refractivity contribution in [2.24, 2.45) is 0 Å². The third kappa shape index (κ3) is 11.0. The number of piperazine rings is 1. The van der Waals surface area contributed by atoms with Crippen LogP contribution in [0.25, 0.3) is 11.3 Å². The van der Waals surface area contributed by atoms with Crippen molar-refractivity contribution in [3.63, 3.8) is 0 Å². The lowest BCUT2D eigenvalue weighted by atomic mass is 10.0. The number of nitrogens with zero attached hydrogens (tertiary/aromatic N) is 8. The van der Waals surface area contributed by atoms with E-state index in [1.54, 1.807) is 65.7 Å². The number of anilines is 2. The number of likely N-dealkylation sites (tertiary alicyclic amines) is 1. The molecule has 3 fully saturated rings. The Labute approximate surface area is 407 Å². The predicted molar refractivity (Wildman–Crippen MR) is 254 cm³/mol. The summed E-state index contributed by atoms with van der Waals surface area (Å²) in [5.74, 6) is -4.00. The number of carbonyl (C=O) groups excluding carboxylic acids is 7. The largest absolute Gasteiger partial charge is 0.484 e. The summed E-state index contributed by atoms with van der Waals surface area (Å²) in [7, 11) is 0. The van der Waals surface area contributed by atoms with Crippen LogP contribution in [0.5, 0.6) is 5.75 Å². The number of imide groups is 2. The monoisotopic (exact) mass is 967 g/mol. The van der Waals surface area contributed by atoms with E-state index in [1.807, 2.05) is 10.9 Å². The van der Waals surface area contributed by atoms with Gasteiger partial charge < -0.3 is 35.4 Å². The first-order valence-electron chi connectivity index (χ1n) is 23.6. The average molecular weight is 968 g/mol. The van der Waals surface area contributed by atoms with Crippen LogP contribution in [0.15, 0.2) is 91.4 Å². The highest BCUT2D eigenvalue weighted by molar-refractivity contribution is 6.23. The topological polar surface area (TPSA) is 265 Å². The molecule has 0 radical (unpaired) electrons. The van der Waals surface area contributed by atoms with E-state index < -0.39 is 47.7 Å². The molecule has 0 saturated carbocycles. The van der Waals surface area contributed by atoms with Gasteiger partial charge in [-0.05, 0) is 74.7 Å². The molecule has 368 valence electrons. The highest BCUT2D eigenvalue weighted by atomic mass is 16.5. The number of piperidine rings is 2. The van der Waals surface area contributed by atoms with E-state index in [0.29, 0.717) is 41.2 Å². The maximum Gasteiger partial charge on any atom is 0.361 e. The van der Waals surface area contributed by atoms with Crippen molar-refractivity contribution >= 4 is 52.9 Å². The van der Waals surface area contributed by atoms with Gasteiger partial charge in [0.05, 0.1) is 41.9 Å². The van der Waals surface area contributed by atoms with E-state index in [0.717, 1.165) is 63.4 Å². The second kappa shape index (κ2) is 21.4. The number of rotatable bonds is 16. The molecule has 0 aliphatic carbocycles. The Kier molecular flexibility index (Phi) is 14.5. The van der Waals surface area contributed by atoms with Gasteiger partial charge in [-0.1, -0.05) is 42.5 Å². The smallest absolute Gasteiger partial charge is 0.361 e. The lowest BCUT2D eigenvalue weighted by Gasteiger charge is -2.36. The van der Waals surface area contributed by atoms with Crippen molar-refractivity contribution < 1.29 is 48.1 Å². The van der Waals surface area contributed by atoms with Crippen LogP contribution in [0.1, 0.15) is 86.6 Å². The van der Waals surface area contributed by atoms with E-state index in [1.165, 1.54) is 24.4 Å². The molecule has 3 saturated heterocycles. The van der Waals surface area contributed by atoms with Gasteiger partial charge in [-0.15, -0.1) is 0 Å². The molecule has 1 unspecified atom stereocenters. The van der Waals surface area contributed by atoms with Gasteiger partial charge in [-0.3, -0.25) is 48.6 Å². The van der Waals surface area contributed by atoms with E-state index in [-0.39, 0.29) is 66.4 Å². The minimum atomic E-state index is -1.34. The Bertz CT molecular complexity index is 2840. The fourth-order valence-corrected chi connectivity index (χ4v) is 9.30. The Morgan fingerprint density at radius 2 is 1.59 bits per heavy atom. The minimum absolute atomic E-state index is 0.0276. The molecule has 9 rings (SSSR count). The van der Waals surface area contributed by atoms with Gasteiger partial charge in [0.25, 0.3) is 23.6 Å². The number of hydrogen-bond acceptors (Lipinski definition) is 16. The molecule has 5 aromatic rings. The zero-order valence-electron chi connectivity index (χ0n) is 38.8. The van der Waals surface area contributed by atoms with Crippen molar-refractivity contribution in [2.75, 3.05) is 70.0 Å². The van der Waals surface area contributed by atoms with Crippen molar-refractivity contribution in [1.29, 1.82) is 0 Å². The molecular formula is C50H53N11O10. The van der Waals surface area contributed by atoms with Gasteiger partial charge in [-0.25, -0.2) is 14.8 Å². The fraction of sp³-hybridized carbons (Fsp3) is 0.360. The van der Waals surface area contributed by atoms with Crippen LogP contribution in [-0.4, -0.2) is 151 Å². The number of nitrogen functional groups attached to an aromatic ring is 1. The number of aliphatic hydroxyl groups excluding tert-OH is 1. The Balaban J connectivity index is 0.703. The summed E-state index contributed by atoms with van der Waals surface area (Å²) in [6.45, 7) is 5.77. The molecule has 5 N–H and O–H groups in total. The molecule has 2 aromatic heterocycles. The molecule has 2 atom stereocenters. The van der Waals surface area contributed by atoms with Gasteiger partial charge in [0.1, 0.15) is 11.8 Å². The molecular weight excluding hydrogens is 915 g/mol. The van der Waals surface area contributed by atoms with E-state index in [9.17, 15) is 38.7 Å². The summed E-state index contributed by atoms with van der Waals surface area (Å²) < 4.78 is 13.4. The SMILES string of the molecule is Nc1ncc(-c2cnn(C3CCN(CCCN4CCN(C(=O)COc5ccc6c(c5)C(=O)N(C5CCC(=O)NC5=O)C6=O)CC4)CC3)c2)nc1C(=O)O[C@@H](C(=O)Nc1cccc(CO)c1)c1ccccc1. The van der Waals surface area contributed by atoms with Crippen LogP contribution in [0.2, 0.25) is 0 Å². The molecule has 6 heterocycles. The highest BCUT2D eigenvalue weighted by Crippen LogP contribution is 2.31. The van der Waals surface area contributed by atoms with Crippen LogP contribution < -0.4 is 21.1 Å². The van der Waals surface area contributed by atoms with E-state index in [2.05, 4.69) is 35.5 Å². The molecule has 3 aromatic carbocycles. The second-order valence-electron chi connectivity index (χ2n) is 17.8. The highest BCUT2D eigenvalue weighted by Gasteiger charge is 2.45. The second-order valence-corrected chi connectivity index (χ2v) is 17.8. The fourth-order valence-electron chi connectivity index (χ4n) is 9.30. The van der Waals surface area contributed by atoms with Crippen LogP contribution in [0.4, 0.5) is 11.5 Å². The zero-order valence-corrected chi connectivity index (χ0v) is 38.8. The first-order valence-corrected chi connectivity index (χ1v) is 23.6. The van der Waals surface area contributed by atoms with Crippen molar-refractivity contribution in [3.05, 3.63) is 119 Å². The third-order valence-corrected chi connectivity index (χ3v) is 13.2. The quantitative estimate of drug-likeness (QED) is 0.0818. The Hall–Kier alpha value is -7.88. The van der Waals surface area contributed by atoms with Gasteiger partial charge in [0.2, 0.25) is 17.9 Å². The molecule has 21 heteroatoms. The number of nitrogens with two attached hydrogens (primary N) is 1. The summed E-state index contributed by atoms with van der Waals surface area (Å²) in [6, 6.07) is 18.8. The predicted octanol–water partition coefficient (Wildman–Crippen LogP) is 2.60. The van der Waals surface area contributed by atoms with Crippen LogP contribution >= 0.6 is 0 Å². The Morgan fingerprint density at radius 3 is 2.34 bits per heavy atom. The number of hydrogen-bond donors (Lipinski definition) is 4. The first-order chi connectivity index (χ1) is 34.4. The van der Waals surface area contributed by atoms with Crippen LogP contribution in [0, 0.1) is 0 Å². The average Bonchev–Trinajstić information content (AvgIpc) is 3.98. The standard InChI is InChI=1S/C50H53N11O10/c51-45-43(50(69)71-44(32-7-2-1-3-8-32)47(66)54-34-9-4-6-31(24-34)29-62)55-39(27-52-45)33-26-53-60(28-33)35-14-18-57(19-15-35)16-5-17-58-20-22-59(23-21-58)42(64)30-70-36-10-11-37-38(25-36)49(68)61(48(37)67)40-12-13-41(63)56-46(40)65/h1-4,6-11,24-28,35,40,44,62H,5,12-23,29-30H2,(H2,51,52)(H,54,66)(H,56,63,65)/t40?,44-/m1/s1. The van der Waals surface area contributed by atoms with E-state index >= 15 is 0 Å². The molecule has 4 aliphatic rings. The normalized spacial score (nSPS) is 18.2. The third-order valence-electron chi connectivity index (χ3n) is 13.2. The first kappa shape index (κ1) is 48.2. The Morgan fingerprint density at radius 1 is 0.845 bits per heavy atom. The summed E-state index contributed by atoms with van der Waals surface area (Å²) >= 11 is 0. The number of esters is 1. The number of aliphatic hydroxyl groups is 1. The number of nitrogens with one attached hydrogen (secondary N) is 2. The van der Waals surface area contributed by atoms with Crippen LogP contribution in [0.3, 0.4) is 0 Å². The number of amides is 6. The van der Waals surface area contributed by atoms with Gasteiger partial charge >= 0.3 is 5.97 Å². The van der Waals surface area contributed by atoms with Crippen molar-refractivity contribution in [3.8, 4) is 17.0 Å². The molecule has 6 amide bonds. The molecule has 71 heavy (non-hydrogen) atoms.